The molecule has 1 saturated heterocycles. The maximum Gasteiger partial charge on any atom is 0.273 e. The zero-order valence-corrected chi connectivity index (χ0v) is 10.2. The third-order valence-corrected chi connectivity index (χ3v) is 4.23. The van der Waals surface area contributed by atoms with Gasteiger partial charge >= 0.3 is 0 Å². The van der Waals surface area contributed by atoms with Crippen molar-refractivity contribution in [3.05, 3.63) is 28.3 Å². The molecule has 5 nitrogen and oxygen atoms in total. The number of nitro groups is 1. The third kappa shape index (κ3) is 1.89. The highest BCUT2D eigenvalue weighted by Gasteiger charge is 2.36. The molecule has 1 aromatic carbocycles. The summed E-state index contributed by atoms with van der Waals surface area (Å²) in [7, 11) is 0. The number of rotatable bonds is 2. The minimum atomic E-state index is -0.378. The molecule has 0 bridgehead atoms. The van der Waals surface area contributed by atoms with Crippen LogP contribution >= 0.6 is 0 Å². The largest absolute Gasteiger partial charge is 0.398 e. The Bertz CT molecular complexity index is 477. The Balaban J connectivity index is 1.86. The van der Waals surface area contributed by atoms with Gasteiger partial charge in [-0.2, -0.15) is 0 Å². The molecular weight excluding hydrogens is 230 g/mol. The van der Waals surface area contributed by atoms with Crippen LogP contribution in [0.25, 0.3) is 0 Å². The normalized spacial score (nSPS) is 26.3. The van der Waals surface area contributed by atoms with Crippen LogP contribution in [-0.2, 0) is 0 Å². The molecule has 0 amide bonds. The number of anilines is 2. The Labute approximate surface area is 106 Å². The molecule has 1 aromatic rings. The fraction of sp³-hybridized carbons (Fsp3) is 0.538. The fourth-order valence-corrected chi connectivity index (χ4v) is 3.35. The number of hydrogen-bond donors (Lipinski definition) is 1. The van der Waals surface area contributed by atoms with E-state index in [-0.39, 0.29) is 10.6 Å². The van der Waals surface area contributed by atoms with Gasteiger partial charge in [0.1, 0.15) is 0 Å². The number of fused-ring (bicyclic) bond motifs is 1. The van der Waals surface area contributed by atoms with Crippen molar-refractivity contribution in [3.8, 4) is 0 Å². The zero-order chi connectivity index (χ0) is 12.7. The van der Waals surface area contributed by atoms with E-state index in [0.29, 0.717) is 5.69 Å². The van der Waals surface area contributed by atoms with Crippen molar-refractivity contribution in [2.45, 2.75) is 19.3 Å². The fourth-order valence-electron chi connectivity index (χ4n) is 3.35. The first-order valence-electron chi connectivity index (χ1n) is 6.43. The molecule has 1 aliphatic carbocycles. The van der Waals surface area contributed by atoms with Crippen molar-refractivity contribution >= 4 is 17.1 Å². The van der Waals surface area contributed by atoms with Gasteiger partial charge in [-0.15, -0.1) is 0 Å². The van der Waals surface area contributed by atoms with E-state index in [1.54, 1.807) is 6.07 Å². The Hall–Kier alpha value is -1.78. The molecule has 0 radical (unpaired) electrons. The van der Waals surface area contributed by atoms with Gasteiger partial charge in [-0.25, -0.2) is 0 Å². The molecule has 5 heteroatoms. The van der Waals surface area contributed by atoms with E-state index < -0.39 is 0 Å². The van der Waals surface area contributed by atoms with Crippen molar-refractivity contribution < 1.29 is 4.92 Å². The lowest BCUT2D eigenvalue weighted by molar-refractivity contribution is -0.384. The van der Waals surface area contributed by atoms with Gasteiger partial charge in [-0.1, -0.05) is 6.42 Å². The Kier molecular flexibility index (Phi) is 2.61. The second kappa shape index (κ2) is 4.15. The maximum atomic E-state index is 10.8. The van der Waals surface area contributed by atoms with Crippen molar-refractivity contribution in [1.82, 2.24) is 0 Å². The average Bonchev–Trinajstić information content (AvgIpc) is 2.87. The van der Waals surface area contributed by atoms with Crippen LogP contribution in [0.5, 0.6) is 0 Å². The van der Waals surface area contributed by atoms with E-state index in [9.17, 15) is 10.1 Å². The van der Waals surface area contributed by atoms with Gasteiger partial charge in [0.05, 0.1) is 4.92 Å². The van der Waals surface area contributed by atoms with E-state index in [1.165, 1.54) is 25.3 Å². The molecule has 1 aliphatic heterocycles. The molecule has 2 N–H and O–H groups in total. The van der Waals surface area contributed by atoms with Crippen LogP contribution in [0.2, 0.25) is 0 Å². The molecule has 18 heavy (non-hydrogen) atoms. The summed E-state index contributed by atoms with van der Waals surface area (Å²) in [4.78, 5) is 12.7. The van der Waals surface area contributed by atoms with Crippen LogP contribution < -0.4 is 10.6 Å². The topological polar surface area (TPSA) is 72.4 Å². The Morgan fingerprint density at radius 3 is 2.50 bits per heavy atom. The second-order valence-corrected chi connectivity index (χ2v) is 5.40. The first-order chi connectivity index (χ1) is 8.63. The van der Waals surface area contributed by atoms with Crippen LogP contribution in [0.3, 0.4) is 0 Å². The molecule has 2 atom stereocenters. The van der Waals surface area contributed by atoms with Crippen molar-refractivity contribution in [1.29, 1.82) is 0 Å². The number of benzene rings is 1. The molecule has 2 unspecified atom stereocenters. The van der Waals surface area contributed by atoms with Crippen LogP contribution in [0.1, 0.15) is 19.3 Å². The molecule has 0 aromatic heterocycles. The highest BCUT2D eigenvalue weighted by atomic mass is 16.6. The SMILES string of the molecule is Nc1cc(N2CC3CCCC3C2)cc([N+](=O)[O-])c1. The second-order valence-electron chi connectivity index (χ2n) is 5.40. The Morgan fingerprint density at radius 1 is 1.22 bits per heavy atom. The quantitative estimate of drug-likeness (QED) is 0.495. The van der Waals surface area contributed by atoms with Crippen LogP contribution in [0, 0.1) is 22.0 Å². The number of nitrogens with two attached hydrogens (primary N) is 1. The number of non-ortho nitro benzene ring substituents is 1. The predicted molar refractivity (Wildman–Crippen MR) is 70.6 cm³/mol. The lowest BCUT2D eigenvalue weighted by Crippen LogP contribution is -2.20. The van der Waals surface area contributed by atoms with Crippen molar-refractivity contribution in [2.24, 2.45) is 11.8 Å². The highest BCUT2D eigenvalue weighted by Crippen LogP contribution is 2.40. The average molecular weight is 247 g/mol. The summed E-state index contributed by atoms with van der Waals surface area (Å²) >= 11 is 0. The lowest BCUT2D eigenvalue weighted by atomic mass is 10.0. The molecule has 0 spiro atoms. The third-order valence-electron chi connectivity index (χ3n) is 4.23. The van der Waals surface area contributed by atoms with Gasteiger partial charge in [-0.05, 0) is 30.7 Å². The molecule has 1 saturated carbocycles. The summed E-state index contributed by atoms with van der Waals surface area (Å²) in [6, 6.07) is 4.89. The van der Waals surface area contributed by atoms with Gasteiger partial charge in [0.25, 0.3) is 5.69 Å². The van der Waals surface area contributed by atoms with Gasteiger partial charge < -0.3 is 10.6 Å². The summed E-state index contributed by atoms with van der Waals surface area (Å²) in [5, 5.41) is 10.8. The summed E-state index contributed by atoms with van der Waals surface area (Å²) in [6.07, 6.45) is 3.93. The van der Waals surface area contributed by atoms with Gasteiger partial charge in [-0.3, -0.25) is 10.1 Å². The van der Waals surface area contributed by atoms with E-state index in [0.717, 1.165) is 30.6 Å². The zero-order valence-electron chi connectivity index (χ0n) is 10.2. The number of nitrogen functional groups attached to an aromatic ring is 1. The first-order valence-corrected chi connectivity index (χ1v) is 6.43. The van der Waals surface area contributed by atoms with E-state index >= 15 is 0 Å². The predicted octanol–water partition coefficient (Wildman–Crippen LogP) is 2.41. The summed E-state index contributed by atoms with van der Waals surface area (Å²) in [6.45, 7) is 2.04. The number of hydrogen-bond acceptors (Lipinski definition) is 4. The minimum Gasteiger partial charge on any atom is -0.398 e. The van der Waals surface area contributed by atoms with Gasteiger partial charge in [0.15, 0.2) is 0 Å². The molecule has 2 fully saturated rings. The highest BCUT2D eigenvalue weighted by molar-refractivity contribution is 5.63. The smallest absolute Gasteiger partial charge is 0.273 e. The number of nitro benzene ring substituents is 1. The van der Waals surface area contributed by atoms with Crippen LogP contribution in [-0.4, -0.2) is 18.0 Å². The van der Waals surface area contributed by atoms with E-state index in [4.69, 9.17) is 5.73 Å². The van der Waals surface area contributed by atoms with E-state index in [1.807, 2.05) is 6.07 Å². The summed E-state index contributed by atoms with van der Waals surface area (Å²) in [5.41, 5.74) is 7.20. The monoisotopic (exact) mass is 247 g/mol. The standard InChI is InChI=1S/C13H17N3O2/c14-11-4-12(6-13(5-11)16(17)18)15-7-9-2-1-3-10(9)8-15/h4-6,9-10H,1-3,7-8,14H2. The molecular formula is C13H17N3O2. The molecule has 3 rings (SSSR count). The number of nitrogens with zero attached hydrogens (tertiary/aromatic N) is 2. The van der Waals surface area contributed by atoms with E-state index in [2.05, 4.69) is 4.90 Å². The summed E-state index contributed by atoms with van der Waals surface area (Å²) in [5.74, 6) is 1.54. The molecule has 1 heterocycles. The minimum absolute atomic E-state index is 0.0852. The lowest BCUT2D eigenvalue weighted by Gasteiger charge is -2.19. The maximum absolute atomic E-state index is 10.8. The van der Waals surface area contributed by atoms with Crippen molar-refractivity contribution in [2.75, 3.05) is 23.7 Å². The van der Waals surface area contributed by atoms with Gasteiger partial charge in [0.2, 0.25) is 0 Å². The molecule has 96 valence electrons. The van der Waals surface area contributed by atoms with Crippen LogP contribution in [0.4, 0.5) is 17.1 Å². The molecule has 2 aliphatic rings. The first kappa shape index (κ1) is 11.3. The van der Waals surface area contributed by atoms with Gasteiger partial charge in [0, 0.05) is 36.6 Å². The van der Waals surface area contributed by atoms with Crippen molar-refractivity contribution in [3.63, 3.8) is 0 Å². The van der Waals surface area contributed by atoms with Crippen LogP contribution in [0.15, 0.2) is 18.2 Å². The summed E-state index contributed by atoms with van der Waals surface area (Å²) < 4.78 is 0. The Morgan fingerprint density at radius 2 is 1.89 bits per heavy atom.